The van der Waals surface area contributed by atoms with Gasteiger partial charge in [0.2, 0.25) is 15.9 Å². The zero-order valence-electron chi connectivity index (χ0n) is 14.7. The van der Waals surface area contributed by atoms with E-state index < -0.39 is 10.0 Å². The normalized spacial score (nSPS) is 20.2. The van der Waals surface area contributed by atoms with Gasteiger partial charge in [-0.1, -0.05) is 13.8 Å². The van der Waals surface area contributed by atoms with Gasteiger partial charge in [0, 0.05) is 32.7 Å². The van der Waals surface area contributed by atoms with E-state index in [4.69, 9.17) is 4.74 Å². The van der Waals surface area contributed by atoms with Crippen molar-refractivity contribution < 1.29 is 13.2 Å². The van der Waals surface area contributed by atoms with Crippen molar-refractivity contribution in [2.75, 3.05) is 26.5 Å². The second kappa shape index (κ2) is 7.19. The molecule has 1 aliphatic heterocycles. The Morgan fingerprint density at radius 1 is 1.43 bits per heavy atom. The maximum atomic E-state index is 11.7. The molecule has 0 saturated carbocycles. The lowest BCUT2D eigenvalue weighted by atomic mass is 10.0. The first-order chi connectivity index (χ1) is 10.7. The van der Waals surface area contributed by atoms with Crippen molar-refractivity contribution in [3.63, 3.8) is 0 Å². The molecule has 1 fully saturated rings. The van der Waals surface area contributed by atoms with Crippen LogP contribution >= 0.6 is 0 Å². The molecule has 0 bridgehead atoms. The highest BCUT2D eigenvalue weighted by Crippen LogP contribution is 2.27. The smallest absolute Gasteiger partial charge is 0.216 e. The Hall–Kier alpha value is -1.12. The van der Waals surface area contributed by atoms with Crippen LogP contribution in [0.2, 0.25) is 0 Å². The van der Waals surface area contributed by atoms with Crippen molar-refractivity contribution in [1.82, 2.24) is 19.4 Å². The van der Waals surface area contributed by atoms with Crippen LogP contribution < -0.4 is 10.1 Å². The number of sulfonamides is 1. The van der Waals surface area contributed by atoms with E-state index in [2.05, 4.69) is 24.3 Å². The van der Waals surface area contributed by atoms with Gasteiger partial charge in [0.1, 0.15) is 0 Å². The first kappa shape index (κ1) is 18.2. The number of aryl methyl sites for hydroxylation is 1. The van der Waals surface area contributed by atoms with E-state index in [0.717, 1.165) is 30.0 Å². The number of hydrogen-bond donors (Lipinski definition) is 1. The molecule has 2 heterocycles. The molecular formula is C15H28N4O3S. The molecule has 7 nitrogen and oxygen atoms in total. The Morgan fingerprint density at radius 2 is 2.13 bits per heavy atom. The predicted octanol–water partition coefficient (Wildman–Crippen LogP) is 1.07. The summed E-state index contributed by atoms with van der Waals surface area (Å²) in [6.45, 7) is 5.99. The van der Waals surface area contributed by atoms with Crippen molar-refractivity contribution in [2.24, 2.45) is 7.05 Å². The highest BCUT2D eigenvalue weighted by molar-refractivity contribution is 7.88. The Kier molecular flexibility index (Phi) is 5.70. The summed E-state index contributed by atoms with van der Waals surface area (Å²) in [7, 11) is 0.405. The number of ether oxygens (including phenoxy) is 1. The van der Waals surface area contributed by atoms with Crippen molar-refractivity contribution in [2.45, 2.75) is 45.2 Å². The van der Waals surface area contributed by atoms with Crippen molar-refractivity contribution >= 4 is 10.0 Å². The van der Waals surface area contributed by atoms with Crippen LogP contribution in [0.15, 0.2) is 0 Å². The van der Waals surface area contributed by atoms with Gasteiger partial charge in [-0.05, 0) is 18.8 Å². The van der Waals surface area contributed by atoms with Gasteiger partial charge in [0.15, 0.2) is 0 Å². The lowest BCUT2D eigenvalue weighted by Gasteiger charge is -2.31. The summed E-state index contributed by atoms with van der Waals surface area (Å²) >= 11 is 0. The molecule has 1 aromatic rings. The molecule has 0 amide bonds. The largest absolute Gasteiger partial charge is 0.481 e. The SMILES string of the molecule is COc1c(CN[C@@H]2CCCN(S(C)(=O)=O)C2)c(C(C)C)nn1C. The van der Waals surface area contributed by atoms with Crippen molar-refractivity contribution in [1.29, 1.82) is 0 Å². The van der Waals surface area contributed by atoms with Crippen LogP contribution in [-0.4, -0.2) is 55.0 Å². The summed E-state index contributed by atoms with van der Waals surface area (Å²) in [5.74, 6) is 1.07. The molecule has 1 N–H and O–H groups in total. The quantitative estimate of drug-likeness (QED) is 0.835. The minimum atomic E-state index is -3.12. The van der Waals surface area contributed by atoms with Gasteiger partial charge in [-0.2, -0.15) is 5.10 Å². The zero-order chi connectivity index (χ0) is 17.2. The average molecular weight is 344 g/mol. The summed E-state index contributed by atoms with van der Waals surface area (Å²) in [5, 5.41) is 8.03. The van der Waals surface area contributed by atoms with Gasteiger partial charge in [-0.15, -0.1) is 0 Å². The van der Waals surface area contributed by atoms with Crippen LogP contribution in [0.25, 0.3) is 0 Å². The Balaban J connectivity index is 2.09. The van der Waals surface area contributed by atoms with Crippen LogP contribution in [0.5, 0.6) is 5.88 Å². The van der Waals surface area contributed by atoms with Crippen molar-refractivity contribution in [3.8, 4) is 5.88 Å². The number of methoxy groups -OCH3 is 1. The number of hydrogen-bond acceptors (Lipinski definition) is 5. The van der Waals surface area contributed by atoms with Gasteiger partial charge < -0.3 is 10.1 Å². The molecule has 2 rings (SSSR count). The zero-order valence-corrected chi connectivity index (χ0v) is 15.5. The molecule has 0 radical (unpaired) electrons. The van der Waals surface area contributed by atoms with E-state index in [0.29, 0.717) is 25.6 Å². The molecule has 1 atom stereocenters. The lowest BCUT2D eigenvalue weighted by Crippen LogP contribution is -2.47. The van der Waals surface area contributed by atoms with Gasteiger partial charge >= 0.3 is 0 Å². The maximum absolute atomic E-state index is 11.7. The summed E-state index contributed by atoms with van der Waals surface area (Å²) in [6, 6.07) is 0.156. The molecule has 1 saturated heterocycles. The number of nitrogens with zero attached hydrogens (tertiary/aromatic N) is 3. The maximum Gasteiger partial charge on any atom is 0.216 e. The van der Waals surface area contributed by atoms with E-state index >= 15 is 0 Å². The van der Waals surface area contributed by atoms with Crippen LogP contribution in [0.4, 0.5) is 0 Å². The van der Waals surface area contributed by atoms with Gasteiger partial charge in [0.25, 0.3) is 0 Å². The monoisotopic (exact) mass is 344 g/mol. The third kappa shape index (κ3) is 4.24. The first-order valence-electron chi connectivity index (χ1n) is 8.02. The van der Waals surface area contributed by atoms with E-state index in [1.165, 1.54) is 6.26 Å². The Labute approximate surface area is 139 Å². The molecule has 0 unspecified atom stereocenters. The number of rotatable bonds is 6. The van der Waals surface area contributed by atoms with E-state index in [9.17, 15) is 8.42 Å². The highest BCUT2D eigenvalue weighted by Gasteiger charge is 2.26. The van der Waals surface area contributed by atoms with Gasteiger partial charge in [-0.25, -0.2) is 17.4 Å². The fraction of sp³-hybridized carbons (Fsp3) is 0.800. The third-order valence-corrected chi connectivity index (χ3v) is 5.55. The summed E-state index contributed by atoms with van der Waals surface area (Å²) < 4.78 is 32.2. The predicted molar refractivity (Wildman–Crippen MR) is 90.1 cm³/mol. The summed E-state index contributed by atoms with van der Waals surface area (Å²) in [4.78, 5) is 0. The second-order valence-electron chi connectivity index (χ2n) is 6.49. The summed E-state index contributed by atoms with van der Waals surface area (Å²) in [5.41, 5.74) is 2.08. The topological polar surface area (TPSA) is 76.5 Å². The van der Waals surface area contributed by atoms with Crippen LogP contribution in [0.3, 0.4) is 0 Å². The average Bonchev–Trinajstić information content (AvgIpc) is 2.80. The van der Waals surface area contributed by atoms with E-state index in [1.54, 1.807) is 16.1 Å². The molecule has 23 heavy (non-hydrogen) atoms. The highest BCUT2D eigenvalue weighted by atomic mass is 32.2. The Morgan fingerprint density at radius 3 is 2.70 bits per heavy atom. The van der Waals surface area contributed by atoms with Crippen molar-refractivity contribution in [3.05, 3.63) is 11.3 Å². The van der Waals surface area contributed by atoms with E-state index in [1.807, 2.05) is 7.05 Å². The van der Waals surface area contributed by atoms with Gasteiger partial charge in [0.05, 0.1) is 24.6 Å². The minimum absolute atomic E-state index is 0.156. The minimum Gasteiger partial charge on any atom is -0.481 e. The molecule has 0 aliphatic carbocycles. The van der Waals surface area contributed by atoms with Crippen LogP contribution in [0.1, 0.15) is 43.9 Å². The van der Waals surface area contributed by atoms with Crippen LogP contribution in [-0.2, 0) is 23.6 Å². The third-order valence-electron chi connectivity index (χ3n) is 4.28. The second-order valence-corrected chi connectivity index (χ2v) is 8.47. The molecule has 132 valence electrons. The summed E-state index contributed by atoms with van der Waals surface area (Å²) in [6.07, 6.45) is 3.13. The molecule has 0 aromatic carbocycles. The molecule has 0 spiro atoms. The van der Waals surface area contributed by atoms with E-state index in [-0.39, 0.29) is 6.04 Å². The molecule has 1 aliphatic rings. The fourth-order valence-corrected chi connectivity index (χ4v) is 4.03. The molecule has 8 heteroatoms. The Bertz CT molecular complexity index is 639. The van der Waals surface area contributed by atoms with Gasteiger partial charge in [-0.3, -0.25) is 0 Å². The lowest BCUT2D eigenvalue weighted by molar-refractivity contribution is 0.282. The number of piperidine rings is 1. The van der Waals surface area contributed by atoms with Crippen LogP contribution in [0, 0.1) is 0 Å². The standard InChI is InChI=1S/C15H28N4O3S/c1-11(2)14-13(15(22-4)18(3)17-14)9-16-12-7-6-8-19(10-12)23(5,20)21/h11-12,16H,6-10H2,1-5H3/t12-/m1/s1. The number of aromatic nitrogens is 2. The molecular weight excluding hydrogens is 316 g/mol. The fourth-order valence-electron chi connectivity index (χ4n) is 3.11. The number of nitrogens with one attached hydrogen (secondary N) is 1. The molecule has 1 aromatic heterocycles. The first-order valence-corrected chi connectivity index (χ1v) is 9.87.